The van der Waals surface area contributed by atoms with Gasteiger partial charge in [-0.1, -0.05) is 12.1 Å². The molecule has 11 heteroatoms. The average molecular weight is 557 g/mol. The third-order valence-corrected chi connectivity index (χ3v) is 5.03. The summed E-state index contributed by atoms with van der Waals surface area (Å²) in [6, 6.07) is 6.88. The van der Waals surface area contributed by atoms with E-state index >= 15 is 0 Å². The molecule has 1 aliphatic rings. The fourth-order valence-corrected chi connectivity index (χ4v) is 3.22. The Morgan fingerprint density at radius 2 is 2.13 bits per heavy atom. The normalized spacial score (nSPS) is 16.3. The molecule has 0 spiro atoms. The molecule has 1 heterocycles. The van der Waals surface area contributed by atoms with Crippen molar-refractivity contribution < 1.29 is 18.3 Å². The van der Waals surface area contributed by atoms with Crippen LogP contribution in [0.3, 0.4) is 0 Å². The lowest BCUT2D eigenvalue weighted by molar-refractivity contribution is -0.127. The summed E-state index contributed by atoms with van der Waals surface area (Å²) in [4.78, 5) is 19.8. The average Bonchev–Trinajstić information content (AvgIpc) is 3.14. The van der Waals surface area contributed by atoms with E-state index in [1.54, 1.807) is 50.1 Å². The lowest BCUT2D eigenvalue weighted by atomic mass is 10.2. The Kier molecular flexibility index (Phi) is 12.1. The number of benzene rings is 1. The number of ether oxygens (including phenoxy) is 1. The van der Waals surface area contributed by atoms with E-state index in [0.717, 1.165) is 18.7 Å². The van der Waals surface area contributed by atoms with Crippen LogP contribution in [0.4, 0.5) is 14.5 Å². The molecule has 2 rings (SSSR count). The van der Waals surface area contributed by atoms with Gasteiger partial charge in [0.05, 0.1) is 5.69 Å². The molecule has 1 aromatic rings. The van der Waals surface area contributed by atoms with Gasteiger partial charge in [0.25, 0.3) is 0 Å². The molecular formula is C19H30F2IN5O2S. The van der Waals surface area contributed by atoms with Gasteiger partial charge in [-0.05, 0) is 24.8 Å². The Labute approximate surface area is 198 Å². The van der Waals surface area contributed by atoms with Crippen molar-refractivity contribution in [3.63, 3.8) is 0 Å². The zero-order valence-corrected chi connectivity index (χ0v) is 20.6. The minimum atomic E-state index is -2.86. The number of nitrogens with zero attached hydrogens (tertiary/aromatic N) is 3. The molecule has 1 amide bonds. The summed E-state index contributed by atoms with van der Waals surface area (Å²) >= 11 is 1.72. The molecular weight excluding hydrogens is 527 g/mol. The highest BCUT2D eigenvalue weighted by Gasteiger charge is 2.26. The first kappa shape index (κ1) is 26.5. The fraction of sp³-hybridized carbons (Fsp3) is 0.579. The number of para-hydroxylation sites is 2. The molecule has 0 aliphatic carbocycles. The number of likely N-dealkylation sites (N-methyl/N-ethyl adjacent to an activating group) is 1. The van der Waals surface area contributed by atoms with E-state index in [4.69, 9.17) is 0 Å². The second-order valence-corrected chi connectivity index (χ2v) is 7.78. The van der Waals surface area contributed by atoms with Crippen LogP contribution < -0.4 is 20.3 Å². The quantitative estimate of drug-likeness (QED) is 0.211. The zero-order valence-electron chi connectivity index (χ0n) is 17.4. The SMILES string of the molecule is CSCCNC(=NCC(=O)N(C)C)NC1CCN(c2ccccc2OC(F)F)C1.I. The van der Waals surface area contributed by atoms with E-state index in [1.807, 2.05) is 11.2 Å². The topological polar surface area (TPSA) is 69.2 Å². The van der Waals surface area contributed by atoms with Crippen molar-refractivity contribution in [3.05, 3.63) is 24.3 Å². The number of aliphatic imine (C=N–C) groups is 1. The van der Waals surface area contributed by atoms with E-state index in [9.17, 15) is 13.6 Å². The number of halogens is 3. The second kappa shape index (κ2) is 13.7. The predicted molar refractivity (Wildman–Crippen MR) is 130 cm³/mol. The Hall–Kier alpha value is -1.50. The van der Waals surface area contributed by atoms with E-state index in [-0.39, 0.29) is 48.2 Å². The van der Waals surface area contributed by atoms with Gasteiger partial charge in [0.15, 0.2) is 5.96 Å². The summed E-state index contributed by atoms with van der Waals surface area (Å²) in [6.07, 6.45) is 2.84. The van der Waals surface area contributed by atoms with Crippen LogP contribution in [-0.4, -0.2) is 81.7 Å². The molecule has 1 fully saturated rings. The van der Waals surface area contributed by atoms with Crippen molar-refractivity contribution in [2.45, 2.75) is 19.1 Å². The lowest BCUT2D eigenvalue weighted by Gasteiger charge is -2.22. The molecule has 0 saturated carbocycles. The first-order valence-electron chi connectivity index (χ1n) is 9.43. The van der Waals surface area contributed by atoms with Gasteiger partial charge in [-0.2, -0.15) is 20.5 Å². The molecule has 1 aliphatic heterocycles. The van der Waals surface area contributed by atoms with Crippen molar-refractivity contribution in [1.29, 1.82) is 0 Å². The summed E-state index contributed by atoms with van der Waals surface area (Å²) < 4.78 is 30.0. The molecule has 1 aromatic carbocycles. The van der Waals surface area contributed by atoms with Gasteiger partial charge in [0, 0.05) is 45.5 Å². The summed E-state index contributed by atoms with van der Waals surface area (Å²) in [6.45, 7) is -0.751. The van der Waals surface area contributed by atoms with E-state index in [0.29, 0.717) is 24.7 Å². The molecule has 0 radical (unpaired) electrons. The second-order valence-electron chi connectivity index (χ2n) is 6.79. The number of anilines is 1. The highest BCUT2D eigenvalue weighted by atomic mass is 127. The number of carbonyl (C=O) groups is 1. The van der Waals surface area contributed by atoms with Crippen LogP contribution >= 0.6 is 35.7 Å². The maximum Gasteiger partial charge on any atom is 0.387 e. The number of amides is 1. The van der Waals surface area contributed by atoms with Crippen LogP contribution in [0.1, 0.15) is 6.42 Å². The van der Waals surface area contributed by atoms with Crippen LogP contribution in [0.25, 0.3) is 0 Å². The number of carbonyl (C=O) groups excluding carboxylic acids is 1. The standard InChI is InChI=1S/C19H29F2N5O2S.HI/c1-25(2)17(27)12-23-19(22-9-11-29-3)24-14-8-10-26(13-14)15-6-4-5-7-16(15)28-18(20)21;/h4-7,14,18H,8-13H2,1-3H3,(H2,22,23,24);1H. The molecule has 1 atom stereocenters. The highest BCUT2D eigenvalue weighted by molar-refractivity contribution is 14.0. The minimum Gasteiger partial charge on any atom is -0.433 e. The van der Waals surface area contributed by atoms with Crippen molar-refractivity contribution in [2.75, 3.05) is 57.2 Å². The summed E-state index contributed by atoms with van der Waals surface area (Å²) in [5, 5.41) is 6.60. The molecule has 30 heavy (non-hydrogen) atoms. The van der Waals surface area contributed by atoms with Crippen molar-refractivity contribution in [3.8, 4) is 5.75 Å². The number of rotatable bonds is 9. The van der Waals surface area contributed by atoms with Crippen LogP contribution in [0.5, 0.6) is 5.75 Å². The number of alkyl halides is 2. The molecule has 0 aromatic heterocycles. The van der Waals surface area contributed by atoms with Gasteiger partial charge in [-0.15, -0.1) is 24.0 Å². The van der Waals surface area contributed by atoms with Gasteiger partial charge in [0.2, 0.25) is 5.91 Å². The number of thioether (sulfide) groups is 1. The van der Waals surface area contributed by atoms with Crippen LogP contribution in [0, 0.1) is 0 Å². The molecule has 0 bridgehead atoms. The lowest BCUT2D eigenvalue weighted by Crippen LogP contribution is -2.45. The predicted octanol–water partition coefficient (Wildman–Crippen LogP) is 2.47. The number of hydrogen-bond acceptors (Lipinski definition) is 5. The third-order valence-electron chi connectivity index (χ3n) is 4.42. The Morgan fingerprint density at radius 3 is 2.80 bits per heavy atom. The molecule has 7 nitrogen and oxygen atoms in total. The first-order chi connectivity index (χ1) is 13.9. The van der Waals surface area contributed by atoms with E-state index < -0.39 is 6.61 Å². The Morgan fingerprint density at radius 1 is 1.40 bits per heavy atom. The Bertz CT molecular complexity index is 697. The smallest absolute Gasteiger partial charge is 0.387 e. The van der Waals surface area contributed by atoms with Gasteiger partial charge in [-0.3, -0.25) is 4.79 Å². The van der Waals surface area contributed by atoms with Crippen LogP contribution in [0.2, 0.25) is 0 Å². The van der Waals surface area contributed by atoms with Crippen molar-refractivity contribution in [1.82, 2.24) is 15.5 Å². The van der Waals surface area contributed by atoms with Crippen LogP contribution in [0.15, 0.2) is 29.3 Å². The van der Waals surface area contributed by atoms with Gasteiger partial charge < -0.3 is 25.2 Å². The zero-order chi connectivity index (χ0) is 21.2. The van der Waals surface area contributed by atoms with E-state index in [2.05, 4.69) is 20.4 Å². The van der Waals surface area contributed by atoms with Crippen LogP contribution in [-0.2, 0) is 4.79 Å². The summed E-state index contributed by atoms with van der Waals surface area (Å²) in [5.41, 5.74) is 0.647. The van der Waals surface area contributed by atoms with Gasteiger partial charge >= 0.3 is 6.61 Å². The third kappa shape index (κ3) is 8.70. The monoisotopic (exact) mass is 557 g/mol. The van der Waals surface area contributed by atoms with Gasteiger partial charge in [-0.25, -0.2) is 4.99 Å². The minimum absolute atomic E-state index is 0. The number of guanidine groups is 1. The van der Waals surface area contributed by atoms with Gasteiger partial charge in [0.1, 0.15) is 12.3 Å². The highest BCUT2D eigenvalue weighted by Crippen LogP contribution is 2.31. The van der Waals surface area contributed by atoms with E-state index in [1.165, 1.54) is 4.90 Å². The molecule has 1 saturated heterocycles. The number of hydrogen-bond donors (Lipinski definition) is 2. The summed E-state index contributed by atoms with van der Waals surface area (Å²) in [7, 11) is 3.39. The number of nitrogens with one attached hydrogen (secondary N) is 2. The first-order valence-corrected chi connectivity index (χ1v) is 10.8. The maximum atomic E-state index is 12.7. The van der Waals surface area contributed by atoms with Crippen molar-refractivity contribution in [2.24, 2.45) is 4.99 Å². The largest absolute Gasteiger partial charge is 0.433 e. The van der Waals surface area contributed by atoms with Crippen molar-refractivity contribution >= 4 is 53.3 Å². The molecule has 2 N–H and O–H groups in total. The maximum absolute atomic E-state index is 12.7. The summed E-state index contributed by atoms with van der Waals surface area (Å²) in [5.74, 6) is 1.59. The fourth-order valence-electron chi connectivity index (χ4n) is 2.92. The Balaban J connectivity index is 0.00000450. The molecule has 1 unspecified atom stereocenters. The molecule has 170 valence electrons.